The van der Waals surface area contributed by atoms with Gasteiger partial charge in [0.25, 0.3) is 0 Å². The molecule has 4 heteroatoms. The zero-order valence-corrected chi connectivity index (χ0v) is 8.02. The molecule has 1 aliphatic carbocycles. The molecular weight excluding hydrogens is 179 g/mol. The fourth-order valence-corrected chi connectivity index (χ4v) is 2.29. The van der Waals surface area contributed by atoms with Crippen LogP contribution in [0.15, 0.2) is 22.8 Å². The van der Waals surface area contributed by atoms with Crippen LogP contribution in [0.25, 0.3) is 0 Å². The quantitative estimate of drug-likeness (QED) is 0.629. The summed E-state index contributed by atoms with van der Waals surface area (Å²) in [4.78, 5) is 0. The van der Waals surface area contributed by atoms with Crippen LogP contribution in [0.5, 0.6) is 0 Å². The van der Waals surface area contributed by atoms with Gasteiger partial charge in [0.1, 0.15) is 5.66 Å². The van der Waals surface area contributed by atoms with Crippen molar-refractivity contribution in [3.8, 4) is 0 Å². The Morgan fingerprint density at radius 1 is 1.21 bits per heavy atom. The van der Waals surface area contributed by atoms with Crippen molar-refractivity contribution in [3.63, 3.8) is 0 Å². The third kappa shape index (κ3) is 1.49. The summed E-state index contributed by atoms with van der Waals surface area (Å²) in [5.74, 6) is 0. The van der Waals surface area contributed by atoms with Gasteiger partial charge < -0.3 is 13.7 Å². The molecule has 1 saturated carbocycles. The van der Waals surface area contributed by atoms with Crippen LogP contribution < -0.4 is 5.66 Å². The monoisotopic (exact) mass is 192 g/mol. The van der Waals surface area contributed by atoms with Crippen molar-refractivity contribution in [2.75, 3.05) is 0 Å². The third-order valence-corrected chi connectivity index (χ3v) is 2.99. The van der Waals surface area contributed by atoms with Crippen LogP contribution in [0.2, 0.25) is 0 Å². The summed E-state index contributed by atoms with van der Waals surface area (Å²) in [7, 11) is -0.269. The van der Waals surface area contributed by atoms with Gasteiger partial charge in [-0.15, -0.1) is 0 Å². The van der Waals surface area contributed by atoms with Gasteiger partial charge in [-0.05, 0) is 37.8 Å². The van der Waals surface area contributed by atoms with E-state index in [1.54, 1.807) is 6.26 Å². The van der Waals surface area contributed by atoms with E-state index in [1.165, 1.54) is 6.42 Å². The van der Waals surface area contributed by atoms with E-state index in [-0.39, 0.29) is 7.12 Å². The highest BCUT2D eigenvalue weighted by atomic mass is 16.6. The molecule has 1 saturated heterocycles. The molecule has 1 aromatic rings. The molecule has 2 fully saturated rings. The summed E-state index contributed by atoms with van der Waals surface area (Å²) in [6.07, 6.45) is 7.01. The Morgan fingerprint density at radius 2 is 2.00 bits per heavy atom. The lowest BCUT2D eigenvalue weighted by atomic mass is 9.79. The summed E-state index contributed by atoms with van der Waals surface area (Å²) in [5.41, 5.74) is 0.793. The van der Waals surface area contributed by atoms with Crippen LogP contribution in [0.3, 0.4) is 0 Å². The Labute approximate surface area is 83.5 Å². The van der Waals surface area contributed by atoms with E-state index in [1.807, 2.05) is 12.1 Å². The van der Waals surface area contributed by atoms with E-state index in [0.29, 0.717) is 12.2 Å². The smallest absolute Gasteiger partial charge is 0.473 e. The predicted molar refractivity (Wildman–Crippen MR) is 52.3 cm³/mol. The second-order valence-electron chi connectivity index (χ2n) is 4.03. The van der Waals surface area contributed by atoms with Crippen LogP contribution in [0, 0.1) is 0 Å². The van der Waals surface area contributed by atoms with Gasteiger partial charge in [0, 0.05) is 12.2 Å². The van der Waals surface area contributed by atoms with Crippen LogP contribution >= 0.6 is 0 Å². The second-order valence-corrected chi connectivity index (χ2v) is 4.03. The molecule has 0 unspecified atom stereocenters. The fourth-order valence-electron chi connectivity index (χ4n) is 2.29. The van der Waals surface area contributed by atoms with Crippen molar-refractivity contribution in [2.24, 2.45) is 0 Å². The Morgan fingerprint density at radius 3 is 2.64 bits per heavy atom. The molecular formula is C10H13BO3. The SMILES string of the molecule is c1coc(B2O[C@@H]3CCC[C@H](C3)O2)c1. The maximum atomic E-state index is 5.79. The van der Waals surface area contributed by atoms with E-state index < -0.39 is 0 Å². The molecule has 0 N–H and O–H groups in total. The molecule has 0 amide bonds. The number of hydrogen-bond donors (Lipinski definition) is 0. The highest BCUT2D eigenvalue weighted by molar-refractivity contribution is 6.60. The highest BCUT2D eigenvalue weighted by Crippen LogP contribution is 2.28. The first-order valence-corrected chi connectivity index (χ1v) is 5.26. The van der Waals surface area contributed by atoms with Crippen molar-refractivity contribution < 1.29 is 13.7 Å². The summed E-state index contributed by atoms with van der Waals surface area (Å²) in [6, 6.07) is 3.78. The van der Waals surface area contributed by atoms with Gasteiger partial charge in [-0.3, -0.25) is 0 Å². The molecule has 1 aromatic heterocycles. The number of hydrogen-bond acceptors (Lipinski definition) is 3. The topological polar surface area (TPSA) is 31.6 Å². The fraction of sp³-hybridized carbons (Fsp3) is 0.600. The predicted octanol–water partition coefficient (Wildman–Crippen LogP) is 1.33. The van der Waals surface area contributed by atoms with Gasteiger partial charge in [-0.1, -0.05) is 0 Å². The number of fused-ring (bicyclic) bond motifs is 2. The summed E-state index contributed by atoms with van der Waals surface area (Å²) in [6.45, 7) is 0. The maximum Gasteiger partial charge on any atom is 0.532 e. The van der Waals surface area contributed by atoms with E-state index in [4.69, 9.17) is 13.7 Å². The van der Waals surface area contributed by atoms with E-state index in [0.717, 1.165) is 24.9 Å². The van der Waals surface area contributed by atoms with E-state index in [9.17, 15) is 0 Å². The lowest BCUT2D eigenvalue weighted by Crippen LogP contribution is -2.49. The van der Waals surface area contributed by atoms with Gasteiger partial charge >= 0.3 is 7.12 Å². The molecule has 1 aliphatic heterocycles. The average molecular weight is 192 g/mol. The average Bonchev–Trinajstić information content (AvgIpc) is 2.69. The Hall–Kier alpha value is -0.735. The van der Waals surface area contributed by atoms with E-state index in [2.05, 4.69) is 0 Å². The van der Waals surface area contributed by atoms with Gasteiger partial charge in [-0.25, -0.2) is 0 Å². The van der Waals surface area contributed by atoms with Crippen LogP contribution in [0.1, 0.15) is 25.7 Å². The molecule has 0 spiro atoms. The minimum atomic E-state index is -0.269. The summed E-state index contributed by atoms with van der Waals surface area (Å²) < 4.78 is 16.9. The van der Waals surface area contributed by atoms with Crippen molar-refractivity contribution in [2.45, 2.75) is 37.9 Å². The molecule has 3 nitrogen and oxygen atoms in total. The number of rotatable bonds is 1. The molecule has 14 heavy (non-hydrogen) atoms. The standard InChI is InChI=1S/C10H13BO3/c1-3-8-7-9(4-1)14-11(13-8)10-5-2-6-12-10/h2,5-6,8-9H,1,3-4,7H2/t8-,9-/m1/s1. The number of furan rings is 1. The van der Waals surface area contributed by atoms with Gasteiger partial charge in [0.15, 0.2) is 0 Å². The maximum absolute atomic E-state index is 5.79. The van der Waals surface area contributed by atoms with Crippen LogP contribution in [0.4, 0.5) is 0 Å². The van der Waals surface area contributed by atoms with Crippen LogP contribution in [-0.2, 0) is 9.31 Å². The van der Waals surface area contributed by atoms with Crippen LogP contribution in [-0.4, -0.2) is 19.3 Å². The molecule has 3 rings (SSSR count). The highest BCUT2D eigenvalue weighted by Gasteiger charge is 2.39. The second kappa shape index (κ2) is 3.44. The van der Waals surface area contributed by atoms with Gasteiger partial charge in [0.2, 0.25) is 0 Å². The molecule has 74 valence electrons. The van der Waals surface area contributed by atoms with Gasteiger partial charge in [0.05, 0.1) is 6.26 Å². The minimum Gasteiger partial charge on any atom is -0.473 e. The van der Waals surface area contributed by atoms with Crippen molar-refractivity contribution in [3.05, 3.63) is 18.4 Å². The Balaban J connectivity index is 1.77. The van der Waals surface area contributed by atoms with Crippen molar-refractivity contribution in [1.29, 1.82) is 0 Å². The first-order chi connectivity index (χ1) is 6.92. The minimum absolute atomic E-state index is 0.269. The lowest BCUT2D eigenvalue weighted by Gasteiger charge is -2.37. The zero-order chi connectivity index (χ0) is 9.38. The van der Waals surface area contributed by atoms with E-state index >= 15 is 0 Å². The molecule has 0 radical (unpaired) electrons. The first kappa shape index (κ1) is 8.56. The van der Waals surface area contributed by atoms with Gasteiger partial charge in [-0.2, -0.15) is 0 Å². The summed E-state index contributed by atoms with van der Waals surface area (Å²) in [5, 5.41) is 0. The first-order valence-electron chi connectivity index (χ1n) is 5.26. The normalized spacial score (nSPS) is 31.9. The molecule has 2 atom stereocenters. The Bertz CT molecular complexity index is 286. The van der Waals surface area contributed by atoms with Crippen molar-refractivity contribution >= 4 is 12.8 Å². The third-order valence-electron chi connectivity index (χ3n) is 2.99. The Kier molecular flexibility index (Phi) is 2.11. The summed E-state index contributed by atoms with van der Waals surface area (Å²) >= 11 is 0. The lowest BCUT2D eigenvalue weighted by molar-refractivity contribution is -0.0117. The zero-order valence-electron chi connectivity index (χ0n) is 8.02. The largest absolute Gasteiger partial charge is 0.532 e. The molecule has 0 aromatic carbocycles. The molecule has 2 heterocycles. The molecule has 2 aliphatic rings. The molecule has 2 bridgehead atoms. The van der Waals surface area contributed by atoms with Crippen molar-refractivity contribution in [1.82, 2.24) is 0 Å².